The van der Waals surface area contributed by atoms with Gasteiger partial charge in [-0.3, -0.25) is 23.9 Å². The van der Waals surface area contributed by atoms with E-state index in [-0.39, 0.29) is 23.3 Å². The largest absolute Gasteiger partial charge is 0.370 e. The third-order valence-electron chi connectivity index (χ3n) is 4.84. The molecule has 0 bridgehead atoms. The van der Waals surface area contributed by atoms with Crippen LogP contribution >= 0.6 is 0 Å². The first-order valence-electron chi connectivity index (χ1n) is 11.0. The molecule has 6 N–H and O–H groups in total. The summed E-state index contributed by atoms with van der Waals surface area (Å²) in [5, 5.41) is 2.55. The van der Waals surface area contributed by atoms with E-state index in [9.17, 15) is 22.8 Å². The van der Waals surface area contributed by atoms with Crippen molar-refractivity contribution < 1.29 is 18.0 Å². The molecule has 0 saturated carbocycles. The summed E-state index contributed by atoms with van der Waals surface area (Å²) >= 11 is 0. The van der Waals surface area contributed by atoms with Crippen LogP contribution in [0.3, 0.4) is 0 Å². The van der Waals surface area contributed by atoms with Gasteiger partial charge in [0.1, 0.15) is 24.3 Å². The van der Waals surface area contributed by atoms with Crippen LogP contribution in [0.1, 0.15) is 44.0 Å². The van der Waals surface area contributed by atoms with Crippen molar-refractivity contribution in [2.75, 3.05) is 11.3 Å². The average Bonchev–Trinajstić information content (AvgIpc) is 2.78. The minimum atomic E-state index is -3.91. The monoisotopic (exact) mass is 505 g/mol. The summed E-state index contributed by atoms with van der Waals surface area (Å²) in [6.07, 6.45) is 2.49. The molecule has 1 aromatic carbocycles. The average molecular weight is 506 g/mol. The maximum absolute atomic E-state index is 13.1. The minimum Gasteiger partial charge on any atom is -0.370 e. The Morgan fingerprint density at radius 1 is 1.23 bits per heavy atom. The van der Waals surface area contributed by atoms with E-state index in [1.54, 1.807) is 44.2 Å². The summed E-state index contributed by atoms with van der Waals surface area (Å²) in [5.41, 5.74) is 10.1. The smallest absolute Gasteiger partial charge is 0.278 e. The lowest BCUT2D eigenvalue weighted by molar-refractivity contribution is -0.124. The Morgan fingerprint density at radius 2 is 1.91 bits per heavy atom. The first-order chi connectivity index (χ1) is 16.5. The molecule has 1 atom stereocenters. The van der Waals surface area contributed by atoms with Crippen LogP contribution in [0, 0.1) is 0 Å². The number of anilines is 1. The van der Waals surface area contributed by atoms with Crippen molar-refractivity contribution in [3.63, 3.8) is 0 Å². The van der Waals surface area contributed by atoms with Crippen LogP contribution in [-0.4, -0.2) is 48.7 Å². The SMILES string of the molecule is CC(C)c1ncc(NS(=O)(=O)Cc2ccccc2)c(=O)n1CC(=O)N[C@H](C=O)CCCN=C(N)N. The zero-order chi connectivity index (χ0) is 26.0. The third kappa shape index (κ3) is 8.85. The number of aromatic nitrogens is 2. The summed E-state index contributed by atoms with van der Waals surface area (Å²) in [6, 6.07) is 7.70. The van der Waals surface area contributed by atoms with Gasteiger partial charge in [0.2, 0.25) is 15.9 Å². The van der Waals surface area contributed by atoms with Gasteiger partial charge in [0.05, 0.1) is 18.0 Å². The molecule has 0 aliphatic rings. The molecule has 12 nitrogen and oxygen atoms in total. The van der Waals surface area contributed by atoms with Crippen molar-refractivity contribution in [1.29, 1.82) is 0 Å². The van der Waals surface area contributed by atoms with Crippen molar-refractivity contribution in [3.05, 3.63) is 58.3 Å². The highest BCUT2D eigenvalue weighted by Gasteiger charge is 2.20. The first kappa shape index (κ1) is 27.5. The van der Waals surface area contributed by atoms with Crippen molar-refractivity contribution in [3.8, 4) is 0 Å². The van der Waals surface area contributed by atoms with Gasteiger partial charge in [-0.1, -0.05) is 44.2 Å². The lowest BCUT2D eigenvalue weighted by Gasteiger charge is -2.18. The molecule has 35 heavy (non-hydrogen) atoms. The number of nitrogens with two attached hydrogens (primary N) is 2. The highest BCUT2D eigenvalue weighted by Crippen LogP contribution is 2.14. The molecule has 1 amide bonds. The number of aldehydes is 1. The van der Waals surface area contributed by atoms with Crippen LogP contribution in [0.25, 0.3) is 0 Å². The fourth-order valence-electron chi connectivity index (χ4n) is 3.28. The fraction of sp³-hybridized carbons (Fsp3) is 0.409. The first-order valence-corrected chi connectivity index (χ1v) is 12.6. The number of benzene rings is 1. The van der Waals surface area contributed by atoms with E-state index < -0.39 is 34.1 Å². The summed E-state index contributed by atoms with van der Waals surface area (Å²) in [6.45, 7) is 3.43. The fourth-order valence-corrected chi connectivity index (χ4v) is 4.45. The predicted molar refractivity (Wildman–Crippen MR) is 133 cm³/mol. The van der Waals surface area contributed by atoms with Gasteiger partial charge < -0.3 is 21.6 Å². The van der Waals surface area contributed by atoms with Crippen molar-refractivity contribution in [2.24, 2.45) is 16.5 Å². The Hall–Kier alpha value is -3.74. The number of carbonyl (C=O) groups excluding carboxylic acids is 2. The molecule has 0 unspecified atom stereocenters. The van der Waals surface area contributed by atoms with Gasteiger partial charge in [-0.25, -0.2) is 13.4 Å². The van der Waals surface area contributed by atoms with Crippen molar-refractivity contribution in [1.82, 2.24) is 14.9 Å². The van der Waals surface area contributed by atoms with E-state index in [0.717, 1.165) is 10.8 Å². The summed E-state index contributed by atoms with van der Waals surface area (Å²) < 4.78 is 28.6. The zero-order valence-corrected chi connectivity index (χ0v) is 20.5. The molecule has 0 radical (unpaired) electrons. The van der Waals surface area contributed by atoms with Gasteiger partial charge in [-0.15, -0.1) is 0 Å². The third-order valence-corrected chi connectivity index (χ3v) is 6.08. The van der Waals surface area contributed by atoms with Gasteiger partial charge in [-0.05, 0) is 18.4 Å². The Labute approximate surface area is 203 Å². The number of rotatable bonds is 13. The number of carbonyl (C=O) groups is 2. The Bertz CT molecular complexity index is 1210. The number of amides is 1. The van der Waals surface area contributed by atoms with Crippen LogP contribution in [0.2, 0.25) is 0 Å². The van der Waals surface area contributed by atoms with E-state index in [0.29, 0.717) is 37.1 Å². The zero-order valence-electron chi connectivity index (χ0n) is 19.7. The number of guanidine groups is 1. The molecule has 0 spiro atoms. The van der Waals surface area contributed by atoms with E-state index in [2.05, 4.69) is 20.0 Å². The lowest BCUT2D eigenvalue weighted by atomic mass is 10.1. The second-order valence-corrected chi connectivity index (χ2v) is 9.90. The summed E-state index contributed by atoms with van der Waals surface area (Å²) in [7, 11) is -3.91. The van der Waals surface area contributed by atoms with Gasteiger partial charge in [0.15, 0.2) is 5.96 Å². The second-order valence-electron chi connectivity index (χ2n) is 8.18. The maximum Gasteiger partial charge on any atom is 0.278 e. The normalized spacial score (nSPS) is 12.1. The lowest BCUT2D eigenvalue weighted by Crippen LogP contribution is -2.41. The Balaban J connectivity index is 2.19. The topological polar surface area (TPSA) is 192 Å². The van der Waals surface area contributed by atoms with E-state index in [1.807, 2.05) is 0 Å². The maximum atomic E-state index is 13.1. The van der Waals surface area contributed by atoms with Crippen LogP contribution in [-0.2, 0) is 31.9 Å². The number of hydrogen-bond acceptors (Lipinski definition) is 7. The summed E-state index contributed by atoms with van der Waals surface area (Å²) in [4.78, 5) is 45.1. The number of sulfonamides is 1. The molecule has 1 heterocycles. The van der Waals surface area contributed by atoms with Crippen LogP contribution < -0.4 is 27.1 Å². The van der Waals surface area contributed by atoms with Crippen molar-refractivity contribution >= 4 is 33.9 Å². The molecule has 2 rings (SSSR count). The predicted octanol–water partition coefficient (Wildman–Crippen LogP) is 0.0459. The van der Waals surface area contributed by atoms with E-state index in [1.165, 1.54) is 0 Å². The highest BCUT2D eigenvalue weighted by atomic mass is 32.2. The minimum absolute atomic E-state index is 0.0657. The summed E-state index contributed by atoms with van der Waals surface area (Å²) in [5.74, 6) is -0.929. The molecule has 0 fully saturated rings. The van der Waals surface area contributed by atoms with Crippen molar-refractivity contribution in [2.45, 2.75) is 50.9 Å². The molecule has 2 aromatic rings. The van der Waals surface area contributed by atoms with Crippen LogP contribution in [0.4, 0.5) is 5.69 Å². The highest BCUT2D eigenvalue weighted by molar-refractivity contribution is 7.91. The molecule has 0 aliphatic carbocycles. The van der Waals surface area contributed by atoms with Crippen LogP contribution in [0.15, 0.2) is 46.3 Å². The van der Waals surface area contributed by atoms with Gasteiger partial charge in [0, 0.05) is 12.5 Å². The molecule has 13 heteroatoms. The van der Waals surface area contributed by atoms with E-state index >= 15 is 0 Å². The van der Waals surface area contributed by atoms with Gasteiger partial charge in [-0.2, -0.15) is 0 Å². The Kier molecular flexibility index (Phi) is 9.94. The number of hydrogen-bond donors (Lipinski definition) is 4. The second kappa shape index (κ2) is 12.6. The van der Waals surface area contributed by atoms with Gasteiger partial charge in [0.25, 0.3) is 5.56 Å². The molecule has 1 aromatic heterocycles. The molecular weight excluding hydrogens is 474 g/mol. The molecule has 0 aliphatic heterocycles. The quantitative estimate of drug-likeness (QED) is 0.127. The molecule has 190 valence electrons. The van der Waals surface area contributed by atoms with E-state index in [4.69, 9.17) is 11.5 Å². The standard InChI is InChI=1S/C22H31N7O5S/c1-15(2)20-26-11-18(28-35(33,34)14-16-7-4-3-5-8-16)21(32)29(20)12-19(31)27-17(13-30)9-6-10-25-22(23)24/h3-5,7-8,11,13,15,17,28H,6,9-10,12,14H2,1-2H3,(H,27,31)(H4,23,24,25)/t17-/m0/s1. The number of nitrogens with zero attached hydrogens (tertiary/aromatic N) is 3. The number of aliphatic imine (C=N–C) groups is 1. The Morgan fingerprint density at radius 3 is 2.51 bits per heavy atom. The number of nitrogens with one attached hydrogen (secondary N) is 2. The van der Waals surface area contributed by atoms with Gasteiger partial charge >= 0.3 is 0 Å². The molecular formula is C22H31N7O5S. The molecule has 0 saturated heterocycles. The van der Waals surface area contributed by atoms with Crippen LogP contribution in [0.5, 0.6) is 0 Å².